The van der Waals surface area contributed by atoms with Gasteiger partial charge in [0.25, 0.3) is 0 Å². The summed E-state index contributed by atoms with van der Waals surface area (Å²) >= 11 is 0. The van der Waals surface area contributed by atoms with Crippen LogP contribution in [0.5, 0.6) is 5.75 Å². The molecule has 2 aliphatic rings. The fourth-order valence-electron chi connectivity index (χ4n) is 3.08. The molecule has 0 aliphatic carbocycles. The van der Waals surface area contributed by atoms with Gasteiger partial charge in [-0.05, 0) is 24.5 Å². The average molecular weight is 290 g/mol. The maximum atomic E-state index is 12.4. The number of ether oxygens (including phenoxy) is 2. The maximum absolute atomic E-state index is 12.4. The molecular weight excluding hydrogens is 268 g/mol. The number of rotatable bonds is 4. The number of anilines is 1. The van der Waals surface area contributed by atoms with Gasteiger partial charge in [0, 0.05) is 26.2 Å². The van der Waals surface area contributed by atoms with E-state index in [1.165, 1.54) is 0 Å². The van der Waals surface area contributed by atoms with Crippen LogP contribution in [0.4, 0.5) is 5.69 Å². The van der Waals surface area contributed by atoms with E-state index < -0.39 is 0 Å². The fraction of sp³-hybridized carbons (Fsp3) is 0.562. The van der Waals surface area contributed by atoms with Gasteiger partial charge in [-0.25, -0.2) is 0 Å². The number of benzene rings is 1. The second-order valence-electron chi connectivity index (χ2n) is 5.68. The van der Waals surface area contributed by atoms with Crippen molar-refractivity contribution in [3.63, 3.8) is 0 Å². The van der Waals surface area contributed by atoms with Crippen molar-refractivity contribution in [2.75, 3.05) is 51.4 Å². The lowest BCUT2D eigenvalue weighted by Gasteiger charge is -2.35. The predicted octanol–water partition coefficient (Wildman–Crippen LogP) is 1.38. The van der Waals surface area contributed by atoms with E-state index in [0.717, 1.165) is 44.2 Å². The summed E-state index contributed by atoms with van der Waals surface area (Å²) in [6.45, 7) is 4.76. The third kappa shape index (κ3) is 3.19. The Bertz CT molecular complexity index is 500. The van der Waals surface area contributed by atoms with Gasteiger partial charge in [0.05, 0.1) is 25.9 Å². The van der Waals surface area contributed by atoms with Crippen LogP contribution >= 0.6 is 0 Å². The molecule has 21 heavy (non-hydrogen) atoms. The number of amides is 1. The minimum atomic E-state index is 0.143. The normalized spacial score (nSPS) is 23.6. The lowest BCUT2D eigenvalue weighted by atomic mass is 10.1. The molecule has 1 atom stereocenters. The van der Waals surface area contributed by atoms with E-state index in [4.69, 9.17) is 9.47 Å². The van der Waals surface area contributed by atoms with E-state index in [1.807, 2.05) is 29.2 Å². The highest BCUT2D eigenvalue weighted by molar-refractivity contribution is 5.96. The number of piperazine rings is 1. The van der Waals surface area contributed by atoms with Crippen molar-refractivity contribution in [2.45, 2.75) is 6.42 Å². The Kier molecular flexibility index (Phi) is 4.41. The van der Waals surface area contributed by atoms with E-state index in [-0.39, 0.29) is 5.91 Å². The first-order valence-electron chi connectivity index (χ1n) is 7.51. The van der Waals surface area contributed by atoms with E-state index in [9.17, 15) is 4.79 Å². The van der Waals surface area contributed by atoms with E-state index >= 15 is 0 Å². The predicted molar refractivity (Wildman–Crippen MR) is 80.7 cm³/mol. The summed E-state index contributed by atoms with van der Waals surface area (Å²) < 4.78 is 10.8. The van der Waals surface area contributed by atoms with Crippen molar-refractivity contribution < 1.29 is 14.3 Å². The zero-order chi connectivity index (χ0) is 14.7. The molecule has 1 aromatic carbocycles. The Labute approximate surface area is 125 Å². The Hall–Kier alpha value is -1.59. The van der Waals surface area contributed by atoms with Gasteiger partial charge in [0.15, 0.2) is 0 Å². The standard InChI is InChI=1S/C16H22N2O3/c1-20-15-5-3-2-4-14(15)18-8-7-17(11-16(18)19)10-13-6-9-21-12-13/h2-5,13H,6-12H2,1H3/t13-/m1/s1. The topological polar surface area (TPSA) is 42.0 Å². The van der Waals surface area contributed by atoms with Crippen molar-refractivity contribution in [3.05, 3.63) is 24.3 Å². The molecule has 2 heterocycles. The summed E-state index contributed by atoms with van der Waals surface area (Å²) in [7, 11) is 1.64. The van der Waals surface area contributed by atoms with Crippen molar-refractivity contribution in [3.8, 4) is 5.75 Å². The molecule has 1 aromatic rings. The average Bonchev–Trinajstić information content (AvgIpc) is 3.00. The molecule has 2 aliphatic heterocycles. The van der Waals surface area contributed by atoms with Gasteiger partial charge in [0.2, 0.25) is 5.91 Å². The highest BCUT2D eigenvalue weighted by Crippen LogP contribution is 2.29. The van der Waals surface area contributed by atoms with Crippen LogP contribution in [0.25, 0.3) is 0 Å². The second kappa shape index (κ2) is 6.45. The van der Waals surface area contributed by atoms with Crippen LogP contribution < -0.4 is 9.64 Å². The zero-order valence-electron chi connectivity index (χ0n) is 12.5. The Morgan fingerprint density at radius 1 is 1.33 bits per heavy atom. The third-order valence-corrected chi connectivity index (χ3v) is 4.22. The van der Waals surface area contributed by atoms with Crippen molar-refractivity contribution in [1.82, 2.24) is 4.90 Å². The maximum Gasteiger partial charge on any atom is 0.241 e. The van der Waals surface area contributed by atoms with Crippen LogP contribution in [0.1, 0.15) is 6.42 Å². The summed E-state index contributed by atoms with van der Waals surface area (Å²) in [5.74, 6) is 1.48. The summed E-state index contributed by atoms with van der Waals surface area (Å²) in [5, 5.41) is 0. The number of carbonyl (C=O) groups is 1. The molecule has 2 saturated heterocycles. The molecule has 0 unspecified atom stereocenters. The van der Waals surface area contributed by atoms with Crippen LogP contribution in [0.3, 0.4) is 0 Å². The highest BCUT2D eigenvalue weighted by atomic mass is 16.5. The molecule has 3 rings (SSSR count). The number of nitrogens with zero attached hydrogens (tertiary/aromatic N) is 2. The van der Waals surface area contributed by atoms with E-state index in [2.05, 4.69) is 4.90 Å². The van der Waals surface area contributed by atoms with Crippen LogP contribution in [-0.2, 0) is 9.53 Å². The molecular formula is C16H22N2O3. The first-order valence-corrected chi connectivity index (χ1v) is 7.51. The smallest absolute Gasteiger partial charge is 0.241 e. The van der Waals surface area contributed by atoms with Gasteiger partial charge in [0.1, 0.15) is 5.75 Å². The minimum Gasteiger partial charge on any atom is -0.495 e. The number of para-hydroxylation sites is 2. The third-order valence-electron chi connectivity index (χ3n) is 4.22. The first-order chi connectivity index (χ1) is 10.3. The monoisotopic (exact) mass is 290 g/mol. The van der Waals surface area contributed by atoms with Crippen LogP contribution in [-0.4, -0.2) is 57.3 Å². The number of carbonyl (C=O) groups excluding carboxylic acids is 1. The molecule has 0 N–H and O–H groups in total. The zero-order valence-corrected chi connectivity index (χ0v) is 12.5. The molecule has 5 heteroatoms. The number of hydrogen-bond acceptors (Lipinski definition) is 4. The lowest BCUT2D eigenvalue weighted by Crippen LogP contribution is -2.51. The summed E-state index contributed by atoms with van der Waals surface area (Å²) in [6.07, 6.45) is 1.11. The Morgan fingerprint density at radius 2 is 2.19 bits per heavy atom. The quantitative estimate of drug-likeness (QED) is 0.840. The fourth-order valence-corrected chi connectivity index (χ4v) is 3.08. The highest BCUT2D eigenvalue weighted by Gasteiger charge is 2.29. The largest absolute Gasteiger partial charge is 0.495 e. The molecule has 1 amide bonds. The van der Waals surface area contributed by atoms with Crippen molar-refractivity contribution in [1.29, 1.82) is 0 Å². The Morgan fingerprint density at radius 3 is 2.90 bits per heavy atom. The molecule has 0 bridgehead atoms. The lowest BCUT2D eigenvalue weighted by molar-refractivity contribution is -0.121. The number of methoxy groups -OCH3 is 1. The van der Waals surface area contributed by atoms with Gasteiger partial charge in [-0.2, -0.15) is 0 Å². The van der Waals surface area contributed by atoms with Gasteiger partial charge in [-0.3, -0.25) is 9.69 Å². The Balaban J connectivity index is 1.64. The first kappa shape index (κ1) is 14.4. The molecule has 0 spiro atoms. The van der Waals surface area contributed by atoms with Crippen molar-refractivity contribution >= 4 is 11.6 Å². The molecule has 0 saturated carbocycles. The van der Waals surface area contributed by atoms with Crippen LogP contribution in [0.2, 0.25) is 0 Å². The molecule has 0 radical (unpaired) electrons. The van der Waals surface area contributed by atoms with Gasteiger partial charge in [-0.15, -0.1) is 0 Å². The summed E-state index contributed by atoms with van der Waals surface area (Å²) in [4.78, 5) is 16.5. The summed E-state index contributed by atoms with van der Waals surface area (Å²) in [5.41, 5.74) is 0.869. The van der Waals surface area contributed by atoms with Crippen molar-refractivity contribution in [2.24, 2.45) is 5.92 Å². The second-order valence-corrected chi connectivity index (χ2v) is 5.68. The number of hydrogen-bond donors (Lipinski definition) is 0. The van der Waals surface area contributed by atoms with Crippen LogP contribution in [0.15, 0.2) is 24.3 Å². The molecule has 0 aromatic heterocycles. The van der Waals surface area contributed by atoms with E-state index in [0.29, 0.717) is 19.0 Å². The van der Waals surface area contributed by atoms with Gasteiger partial charge in [-0.1, -0.05) is 12.1 Å². The SMILES string of the molecule is COc1ccccc1N1CCN(C[C@H]2CCOC2)CC1=O. The van der Waals surface area contributed by atoms with Gasteiger partial charge < -0.3 is 14.4 Å². The molecule has 5 nitrogen and oxygen atoms in total. The van der Waals surface area contributed by atoms with E-state index in [1.54, 1.807) is 7.11 Å². The minimum absolute atomic E-state index is 0.143. The van der Waals surface area contributed by atoms with Crippen LogP contribution in [0, 0.1) is 5.92 Å². The van der Waals surface area contributed by atoms with Gasteiger partial charge >= 0.3 is 0 Å². The summed E-state index contributed by atoms with van der Waals surface area (Å²) in [6, 6.07) is 7.69. The molecule has 2 fully saturated rings. The molecule has 114 valence electrons.